The molecule has 0 saturated carbocycles. The highest BCUT2D eigenvalue weighted by molar-refractivity contribution is 7.14. The molecule has 1 saturated heterocycles. The third-order valence-corrected chi connectivity index (χ3v) is 7.60. The number of imidazole rings is 1. The lowest BCUT2D eigenvalue weighted by atomic mass is 9.96. The molecule has 0 aromatic carbocycles. The molecule has 1 fully saturated rings. The summed E-state index contributed by atoms with van der Waals surface area (Å²) in [5.41, 5.74) is 9.24. The van der Waals surface area contributed by atoms with Gasteiger partial charge in [-0.15, -0.1) is 11.3 Å². The van der Waals surface area contributed by atoms with Gasteiger partial charge in [0.25, 0.3) is 5.91 Å². The van der Waals surface area contributed by atoms with Crippen LogP contribution >= 0.6 is 11.3 Å². The number of fused-ring (bicyclic) bond motifs is 1. The summed E-state index contributed by atoms with van der Waals surface area (Å²) in [5, 5.41) is 13.5. The van der Waals surface area contributed by atoms with E-state index in [0.717, 1.165) is 48.9 Å². The number of pyridine rings is 2. The maximum absolute atomic E-state index is 13.1. The van der Waals surface area contributed by atoms with E-state index in [0.29, 0.717) is 35.8 Å². The monoisotopic (exact) mass is 500 g/mol. The number of aromatic nitrogens is 4. The van der Waals surface area contributed by atoms with Crippen LogP contribution < -0.4 is 11.1 Å². The molecule has 0 atom stereocenters. The summed E-state index contributed by atoms with van der Waals surface area (Å²) in [6, 6.07) is 9.54. The van der Waals surface area contributed by atoms with Gasteiger partial charge in [-0.25, -0.2) is 9.97 Å². The summed E-state index contributed by atoms with van der Waals surface area (Å²) < 4.78 is 1.63. The number of nitrogens with zero attached hydrogens (tertiary/aromatic N) is 6. The number of nitrogens with one attached hydrogen (secondary N) is 1. The van der Waals surface area contributed by atoms with E-state index in [9.17, 15) is 10.1 Å². The van der Waals surface area contributed by atoms with Crippen LogP contribution in [0.2, 0.25) is 0 Å². The zero-order chi connectivity index (χ0) is 25.1. The van der Waals surface area contributed by atoms with Crippen molar-refractivity contribution in [2.24, 2.45) is 5.92 Å². The van der Waals surface area contributed by atoms with Gasteiger partial charge >= 0.3 is 0 Å². The molecule has 5 rings (SSSR count). The van der Waals surface area contributed by atoms with Crippen molar-refractivity contribution in [1.29, 1.82) is 5.26 Å². The molecule has 0 unspecified atom stereocenters. The Labute approximate surface area is 213 Å². The van der Waals surface area contributed by atoms with Gasteiger partial charge in [-0.1, -0.05) is 13.0 Å². The van der Waals surface area contributed by atoms with Crippen molar-refractivity contribution in [3.05, 3.63) is 64.7 Å². The number of amides is 1. The Balaban J connectivity index is 1.16. The molecule has 10 heteroatoms. The highest BCUT2D eigenvalue weighted by atomic mass is 32.1. The van der Waals surface area contributed by atoms with Gasteiger partial charge in [0.1, 0.15) is 16.8 Å². The van der Waals surface area contributed by atoms with E-state index >= 15 is 0 Å². The van der Waals surface area contributed by atoms with Crippen molar-refractivity contribution in [2.75, 3.05) is 25.4 Å². The third-order valence-electron chi connectivity index (χ3n) is 6.60. The fourth-order valence-corrected chi connectivity index (χ4v) is 5.49. The summed E-state index contributed by atoms with van der Waals surface area (Å²) in [7, 11) is 0. The normalized spacial score (nSPS) is 14.7. The van der Waals surface area contributed by atoms with Gasteiger partial charge in [-0.2, -0.15) is 5.26 Å². The molecule has 4 aromatic rings. The number of nitrogens with two attached hydrogens (primary N) is 1. The topological polar surface area (TPSA) is 125 Å². The Hall–Kier alpha value is -3.81. The van der Waals surface area contributed by atoms with Gasteiger partial charge in [0.2, 0.25) is 0 Å². The van der Waals surface area contributed by atoms with Crippen molar-refractivity contribution in [3.63, 3.8) is 0 Å². The first-order valence-electron chi connectivity index (χ1n) is 12.1. The summed E-state index contributed by atoms with van der Waals surface area (Å²) >= 11 is 1.69. The van der Waals surface area contributed by atoms with Crippen molar-refractivity contribution < 1.29 is 4.79 Å². The summed E-state index contributed by atoms with van der Waals surface area (Å²) in [6.45, 7) is 5.42. The van der Waals surface area contributed by atoms with Crippen molar-refractivity contribution in [1.82, 2.24) is 29.6 Å². The van der Waals surface area contributed by atoms with E-state index in [-0.39, 0.29) is 11.6 Å². The Morgan fingerprint density at radius 2 is 2.14 bits per heavy atom. The minimum Gasteiger partial charge on any atom is -0.396 e. The van der Waals surface area contributed by atoms with Crippen molar-refractivity contribution >= 4 is 28.6 Å². The van der Waals surface area contributed by atoms with E-state index in [1.165, 1.54) is 4.88 Å². The number of hydrogen-bond acceptors (Lipinski definition) is 8. The number of carbonyl (C=O) groups excluding carboxylic acids is 1. The lowest BCUT2D eigenvalue weighted by Gasteiger charge is -2.31. The number of thiazole rings is 1. The molecule has 0 aliphatic carbocycles. The minimum atomic E-state index is -0.210. The largest absolute Gasteiger partial charge is 0.396 e. The number of rotatable bonds is 7. The number of nitriles is 1. The maximum atomic E-state index is 13.1. The predicted octanol–water partition coefficient (Wildman–Crippen LogP) is 3.51. The molecular formula is C26H28N8OS. The molecular weight excluding hydrogens is 472 g/mol. The number of piperidine rings is 1. The second-order valence-corrected chi connectivity index (χ2v) is 10.1. The van der Waals surface area contributed by atoms with E-state index in [4.69, 9.17) is 5.73 Å². The zero-order valence-electron chi connectivity index (χ0n) is 20.1. The first kappa shape index (κ1) is 23.9. The maximum Gasteiger partial charge on any atom is 0.255 e. The van der Waals surface area contributed by atoms with Crippen molar-refractivity contribution in [3.8, 4) is 16.8 Å². The number of hydrogen-bond donors (Lipinski definition) is 2. The Bertz CT molecular complexity index is 1410. The molecule has 1 aliphatic heterocycles. The second-order valence-electron chi connectivity index (χ2n) is 9.03. The first-order chi connectivity index (χ1) is 17.6. The van der Waals surface area contributed by atoms with E-state index in [2.05, 4.69) is 31.2 Å². The molecule has 5 heterocycles. The van der Waals surface area contributed by atoms with Crippen LogP contribution in [0.15, 0.2) is 42.9 Å². The number of aryl methyl sites for hydroxylation is 1. The predicted molar refractivity (Wildman–Crippen MR) is 139 cm³/mol. The van der Waals surface area contributed by atoms with Crippen LogP contribution in [-0.2, 0) is 13.0 Å². The number of nitrogen functional groups attached to an aromatic ring is 1. The summed E-state index contributed by atoms with van der Waals surface area (Å²) in [6.07, 6.45) is 8.25. The molecule has 3 N–H and O–H groups in total. The molecule has 1 amide bonds. The molecule has 0 spiro atoms. The number of anilines is 1. The van der Waals surface area contributed by atoms with Crippen LogP contribution in [0.25, 0.3) is 16.3 Å². The van der Waals surface area contributed by atoms with E-state index in [1.54, 1.807) is 34.2 Å². The van der Waals surface area contributed by atoms with Crippen LogP contribution in [0.3, 0.4) is 0 Å². The average molecular weight is 501 g/mol. The quantitative estimate of drug-likeness (QED) is 0.398. The molecule has 9 nitrogen and oxygen atoms in total. The molecule has 36 heavy (non-hydrogen) atoms. The average Bonchev–Trinajstić information content (AvgIpc) is 3.55. The van der Waals surface area contributed by atoms with Gasteiger partial charge in [-0.05, 0) is 56.5 Å². The third kappa shape index (κ3) is 4.94. The molecule has 0 radical (unpaired) electrons. The molecule has 0 bridgehead atoms. The van der Waals surface area contributed by atoms with E-state index in [1.807, 2.05) is 31.3 Å². The SMILES string of the molecule is CCc1cn2c(C#N)c(N)cc(C(=O)NCC3CCN(Cc4cnc(-c5ccccn5)s4)CC3)c2n1. The van der Waals surface area contributed by atoms with Crippen LogP contribution in [0.1, 0.15) is 46.4 Å². The van der Waals surface area contributed by atoms with Crippen LogP contribution in [0.4, 0.5) is 5.69 Å². The highest BCUT2D eigenvalue weighted by Gasteiger charge is 2.23. The minimum absolute atomic E-state index is 0.210. The zero-order valence-corrected chi connectivity index (χ0v) is 21.0. The standard InChI is InChI=1S/C26H28N8OS/c1-2-18-15-34-23(12-27)21(28)11-20(24(34)32-18)25(35)30-13-17-6-9-33(10-7-17)16-19-14-31-26(36-19)22-5-3-4-8-29-22/h3-5,8,11,14-15,17H,2,6-7,9-10,13,16,28H2,1H3,(H,30,35). The van der Waals surface area contributed by atoms with Crippen molar-refractivity contribution in [2.45, 2.75) is 32.7 Å². The summed E-state index contributed by atoms with van der Waals surface area (Å²) in [5.74, 6) is 0.201. The lowest BCUT2D eigenvalue weighted by molar-refractivity contribution is 0.0936. The summed E-state index contributed by atoms with van der Waals surface area (Å²) in [4.78, 5) is 30.2. The highest BCUT2D eigenvalue weighted by Crippen LogP contribution is 2.26. The second kappa shape index (κ2) is 10.4. The molecule has 184 valence electrons. The van der Waals surface area contributed by atoms with Gasteiger partial charge in [0, 0.05) is 36.6 Å². The molecule has 1 aliphatic rings. The van der Waals surface area contributed by atoms with Gasteiger partial charge in [0.05, 0.1) is 22.6 Å². The van der Waals surface area contributed by atoms with Crippen LogP contribution in [0.5, 0.6) is 0 Å². The van der Waals surface area contributed by atoms with Crippen LogP contribution in [-0.4, -0.2) is 49.8 Å². The van der Waals surface area contributed by atoms with Gasteiger partial charge in [-0.3, -0.25) is 19.1 Å². The van der Waals surface area contributed by atoms with Gasteiger partial charge in [0.15, 0.2) is 5.65 Å². The lowest BCUT2D eigenvalue weighted by Crippen LogP contribution is -2.38. The molecule has 4 aromatic heterocycles. The fraction of sp³-hybridized carbons (Fsp3) is 0.346. The van der Waals surface area contributed by atoms with Crippen LogP contribution in [0, 0.1) is 17.2 Å². The van der Waals surface area contributed by atoms with Gasteiger partial charge < -0.3 is 11.1 Å². The smallest absolute Gasteiger partial charge is 0.255 e. The Kier molecular flexibility index (Phi) is 6.93. The fourth-order valence-electron chi connectivity index (χ4n) is 4.56. The Morgan fingerprint density at radius 3 is 2.86 bits per heavy atom. The van der Waals surface area contributed by atoms with E-state index < -0.39 is 0 Å². The first-order valence-corrected chi connectivity index (χ1v) is 12.9. The number of carbonyl (C=O) groups is 1. The Morgan fingerprint density at radius 1 is 1.31 bits per heavy atom. The number of likely N-dealkylation sites (tertiary alicyclic amines) is 1.